The second-order valence-corrected chi connectivity index (χ2v) is 8.47. The van der Waals surface area contributed by atoms with E-state index in [9.17, 15) is 9.59 Å². The first-order valence-electron chi connectivity index (χ1n) is 10.2. The third kappa shape index (κ3) is 3.45. The van der Waals surface area contributed by atoms with E-state index < -0.39 is 5.60 Å². The zero-order valence-corrected chi connectivity index (χ0v) is 17.5. The monoisotopic (exact) mass is 421 g/mol. The first kappa shape index (κ1) is 19.3. The molecule has 1 saturated heterocycles. The molecule has 3 N–H and O–H groups in total. The van der Waals surface area contributed by atoms with E-state index in [1.54, 1.807) is 26.2 Å². The standard InChI is InChI=1S/C22H23N5O4/c1-11(13-8-18(28)23-9-13)30-17-7-12(6-15-19(17)25-10-24-15)14-4-5-16-20(26-14)27-21(29)22(2,3)31-16/h4-7,10-11,13H,8-9H2,1-3H3,(H,23,28)(H,24,25)(H,26,27,29)/t11-,13-/m1/s1. The van der Waals surface area contributed by atoms with Gasteiger partial charge in [0.2, 0.25) is 5.91 Å². The molecule has 3 aromatic rings. The van der Waals surface area contributed by atoms with Crippen molar-refractivity contribution in [3.63, 3.8) is 0 Å². The third-order valence-electron chi connectivity index (χ3n) is 5.77. The van der Waals surface area contributed by atoms with Gasteiger partial charge in [0.25, 0.3) is 5.91 Å². The Labute approximate surface area is 178 Å². The molecule has 9 heteroatoms. The molecule has 2 aliphatic heterocycles. The first-order chi connectivity index (χ1) is 14.8. The maximum absolute atomic E-state index is 12.3. The van der Waals surface area contributed by atoms with Crippen LogP contribution in [0.2, 0.25) is 0 Å². The minimum atomic E-state index is -0.946. The summed E-state index contributed by atoms with van der Waals surface area (Å²) in [5.74, 6) is 1.43. The summed E-state index contributed by atoms with van der Waals surface area (Å²) in [4.78, 5) is 35.9. The van der Waals surface area contributed by atoms with Crippen LogP contribution >= 0.6 is 0 Å². The van der Waals surface area contributed by atoms with E-state index >= 15 is 0 Å². The first-order valence-corrected chi connectivity index (χ1v) is 10.2. The molecule has 160 valence electrons. The molecule has 0 spiro atoms. The predicted molar refractivity (Wildman–Crippen MR) is 114 cm³/mol. The summed E-state index contributed by atoms with van der Waals surface area (Å²) in [6.45, 7) is 5.99. The van der Waals surface area contributed by atoms with Crippen molar-refractivity contribution in [2.45, 2.75) is 38.9 Å². The quantitative estimate of drug-likeness (QED) is 0.596. The molecular formula is C22H23N5O4. The number of fused-ring (bicyclic) bond motifs is 2. The van der Waals surface area contributed by atoms with Crippen LogP contribution in [0.1, 0.15) is 27.2 Å². The second kappa shape index (κ2) is 6.97. The highest BCUT2D eigenvalue weighted by atomic mass is 16.5. The Morgan fingerprint density at radius 1 is 1.26 bits per heavy atom. The van der Waals surface area contributed by atoms with Gasteiger partial charge in [-0.15, -0.1) is 0 Å². The number of aromatic amines is 1. The van der Waals surface area contributed by atoms with E-state index in [0.717, 1.165) is 11.1 Å². The highest BCUT2D eigenvalue weighted by molar-refractivity contribution is 5.99. The van der Waals surface area contributed by atoms with Crippen LogP contribution in [0.3, 0.4) is 0 Å². The summed E-state index contributed by atoms with van der Waals surface area (Å²) < 4.78 is 12.0. The molecular weight excluding hydrogens is 398 g/mol. The van der Waals surface area contributed by atoms with E-state index in [0.29, 0.717) is 41.5 Å². The largest absolute Gasteiger partial charge is 0.488 e. The summed E-state index contributed by atoms with van der Waals surface area (Å²) in [6, 6.07) is 7.46. The molecule has 0 radical (unpaired) electrons. The van der Waals surface area contributed by atoms with Crippen molar-refractivity contribution in [1.29, 1.82) is 0 Å². The summed E-state index contributed by atoms with van der Waals surface area (Å²) in [5, 5.41) is 5.66. The van der Waals surface area contributed by atoms with Gasteiger partial charge in [-0.2, -0.15) is 0 Å². The van der Waals surface area contributed by atoms with Gasteiger partial charge in [0.05, 0.1) is 17.5 Å². The maximum atomic E-state index is 12.3. The Hall–Kier alpha value is -3.62. The number of hydrogen-bond donors (Lipinski definition) is 3. The van der Waals surface area contributed by atoms with Crippen LogP contribution in [0.25, 0.3) is 22.3 Å². The van der Waals surface area contributed by atoms with Gasteiger partial charge >= 0.3 is 0 Å². The number of carbonyl (C=O) groups excluding carboxylic acids is 2. The highest BCUT2D eigenvalue weighted by Gasteiger charge is 2.36. The molecule has 2 amide bonds. The molecule has 2 aromatic heterocycles. The van der Waals surface area contributed by atoms with Crippen LogP contribution in [-0.2, 0) is 9.59 Å². The zero-order valence-electron chi connectivity index (χ0n) is 17.5. The number of ether oxygens (including phenoxy) is 2. The maximum Gasteiger partial charge on any atom is 0.269 e. The average Bonchev–Trinajstić information content (AvgIpc) is 3.37. The van der Waals surface area contributed by atoms with Crippen LogP contribution in [0.5, 0.6) is 11.5 Å². The van der Waals surface area contributed by atoms with Gasteiger partial charge in [-0.3, -0.25) is 9.59 Å². The molecule has 4 heterocycles. The fourth-order valence-electron chi connectivity index (χ4n) is 3.87. The van der Waals surface area contributed by atoms with Crippen molar-refractivity contribution >= 4 is 28.7 Å². The molecule has 1 aromatic carbocycles. The number of carbonyl (C=O) groups is 2. The minimum Gasteiger partial charge on any atom is -0.488 e. The molecule has 0 bridgehead atoms. The molecule has 1 fully saturated rings. The van der Waals surface area contributed by atoms with Crippen molar-refractivity contribution in [1.82, 2.24) is 20.3 Å². The van der Waals surface area contributed by atoms with Crippen LogP contribution < -0.4 is 20.1 Å². The Balaban J connectivity index is 1.49. The van der Waals surface area contributed by atoms with Gasteiger partial charge in [-0.1, -0.05) is 0 Å². The van der Waals surface area contributed by atoms with E-state index in [1.807, 2.05) is 25.1 Å². The Kier molecular flexibility index (Phi) is 4.35. The lowest BCUT2D eigenvalue weighted by Gasteiger charge is -2.30. The number of rotatable bonds is 4. The van der Waals surface area contributed by atoms with E-state index in [4.69, 9.17) is 9.47 Å². The van der Waals surface area contributed by atoms with Gasteiger partial charge in [-0.05, 0) is 45.0 Å². The summed E-state index contributed by atoms with van der Waals surface area (Å²) >= 11 is 0. The number of imidazole rings is 1. The van der Waals surface area contributed by atoms with Crippen molar-refractivity contribution < 1.29 is 19.1 Å². The minimum absolute atomic E-state index is 0.0461. The topological polar surface area (TPSA) is 118 Å². The normalized spacial score (nSPS) is 20.5. The Morgan fingerprint density at radius 3 is 2.87 bits per heavy atom. The van der Waals surface area contributed by atoms with Crippen LogP contribution in [-0.4, -0.2) is 45.0 Å². The molecule has 2 atom stereocenters. The summed E-state index contributed by atoms with van der Waals surface area (Å²) in [6.07, 6.45) is 1.90. The van der Waals surface area contributed by atoms with Crippen molar-refractivity contribution in [2.75, 3.05) is 11.9 Å². The Bertz CT molecular complexity index is 1200. The molecule has 2 aliphatic rings. The number of nitrogens with zero attached hydrogens (tertiary/aromatic N) is 2. The third-order valence-corrected chi connectivity index (χ3v) is 5.77. The number of pyridine rings is 1. The van der Waals surface area contributed by atoms with Gasteiger partial charge in [0, 0.05) is 24.4 Å². The van der Waals surface area contributed by atoms with E-state index in [1.165, 1.54) is 0 Å². The molecule has 0 aliphatic carbocycles. The van der Waals surface area contributed by atoms with Crippen molar-refractivity contribution in [2.24, 2.45) is 5.92 Å². The lowest BCUT2D eigenvalue weighted by molar-refractivity contribution is -0.129. The number of hydrogen-bond acceptors (Lipinski definition) is 6. The molecule has 0 saturated carbocycles. The zero-order chi connectivity index (χ0) is 21.8. The molecule has 5 rings (SSSR count). The number of amides is 2. The fraction of sp³-hybridized carbons (Fsp3) is 0.364. The fourth-order valence-corrected chi connectivity index (χ4v) is 3.87. The lowest BCUT2D eigenvalue weighted by Crippen LogP contribution is -2.46. The lowest BCUT2D eigenvalue weighted by atomic mass is 10.0. The highest BCUT2D eigenvalue weighted by Crippen LogP contribution is 2.36. The van der Waals surface area contributed by atoms with Crippen molar-refractivity contribution in [3.05, 3.63) is 30.6 Å². The summed E-state index contributed by atoms with van der Waals surface area (Å²) in [7, 11) is 0. The van der Waals surface area contributed by atoms with Gasteiger partial charge < -0.3 is 25.1 Å². The Morgan fingerprint density at radius 2 is 2.10 bits per heavy atom. The second-order valence-electron chi connectivity index (χ2n) is 8.47. The number of anilines is 1. The predicted octanol–water partition coefficient (Wildman–Crippen LogP) is 2.64. The van der Waals surface area contributed by atoms with E-state index in [2.05, 4.69) is 25.6 Å². The summed E-state index contributed by atoms with van der Waals surface area (Å²) in [5.41, 5.74) is 2.04. The van der Waals surface area contributed by atoms with Crippen LogP contribution in [0.15, 0.2) is 30.6 Å². The molecule has 0 unspecified atom stereocenters. The van der Waals surface area contributed by atoms with Crippen molar-refractivity contribution in [3.8, 4) is 22.8 Å². The SMILES string of the molecule is C[C@@H](Oc1cc(-c2ccc3c(n2)NC(=O)C(C)(C)O3)cc2[nH]cnc12)[C@H]1CNC(=O)C1. The number of H-pyrrole nitrogens is 1. The van der Waals surface area contributed by atoms with Gasteiger partial charge in [0.15, 0.2) is 17.2 Å². The number of aromatic nitrogens is 3. The van der Waals surface area contributed by atoms with Crippen LogP contribution in [0.4, 0.5) is 5.82 Å². The molecule has 31 heavy (non-hydrogen) atoms. The van der Waals surface area contributed by atoms with Gasteiger partial charge in [-0.25, -0.2) is 9.97 Å². The molecule has 9 nitrogen and oxygen atoms in total. The van der Waals surface area contributed by atoms with Gasteiger partial charge in [0.1, 0.15) is 17.4 Å². The number of nitrogens with one attached hydrogen (secondary N) is 3. The smallest absolute Gasteiger partial charge is 0.269 e. The average molecular weight is 421 g/mol. The number of benzene rings is 1. The van der Waals surface area contributed by atoms with Crippen LogP contribution in [0, 0.1) is 5.92 Å². The van der Waals surface area contributed by atoms with E-state index in [-0.39, 0.29) is 23.8 Å².